The first-order valence-corrected chi connectivity index (χ1v) is 11.3. The molecule has 4 rings (SSSR count). The van der Waals surface area contributed by atoms with E-state index in [2.05, 4.69) is 19.6 Å². The minimum Gasteiger partial charge on any atom is -0.339 e. The van der Waals surface area contributed by atoms with Crippen molar-refractivity contribution in [3.63, 3.8) is 0 Å². The number of carbonyl (C=O) groups excluding carboxylic acids is 1. The maximum absolute atomic E-state index is 12.7. The molecule has 0 bridgehead atoms. The lowest BCUT2D eigenvalue weighted by Crippen LogP contribution is -2.55. The van der Waals surface area contributed by atoms with Gasteiger partial charge in [-0.1, -0.05) is 19.3 Å². The highest BCUT2D eigenvalue weighted by Gasteiger charge is 2.31. The van der Waals surface area contributed by atoms with Crippen molar-refractivity contribution in [3.05, 3.63) is 0 Å². The normalized spacial score (nSPS) is 28.7. The fourth-order valence-corrected chi connectivity index (χ4v) is 5.28. The van der Waals surface area contributed by atoms with Crippen molar-refractivity contribution in [3.8, 4) is 0 Å². The number of rotatable bonds is 4. The van der Waals surface area contributed by atoms with Gasteiger partial charge in [-0.05, 0) is 51.6 Å². The van der Waals surface area contributed by atoms with Crippen LogP contribution >= 0.6 is 0 Å². The fourth-order valence-electron chi connectivity index (χ4n) is 5.28. The molecule has 1 aliphatic carbocycles. The molecule has 1 amide bonds. The minimum atomic E-state index is 0.367. The van der Waals surface area contributed by atoms with Crippen LogP contribution in [-0.4, -0.2) is 96.5 Å². The van der Waals surface area contributed by atoms with Gasteiger partial charge in [0.2, 0.25) is 5.91 Å². The Labute approximate surface area is 159 Å². The highest BCUT2D eigenvalue weighted by Crippen LogP contribution is 2.25. The van der Waals surface area contributed by atoms with E-state index in [1.165, 1.54) is 70.9 Å². The van der Waals surface area contributed by atoms with E-state index >= 15 is 0 Å². The Hall–Kier alpha value is -0.650. The van der Waals surface area contributed by atoms with Gasteiger partial charge in [-0.25, -0.2) is 0 Å². The number of hydrogen-bond donors (Lipinski definition) is 0. The van der Waals surface area contributed by atoms with Gasteiger partial charge in [-0.2, -0.15) is 0 Å². The van der Waals surface area contributed by atoms with Crippen LogP contribution in [0, 0.1) is 0 Å². The standard InChI is InChI=1S/C21H38N4O/c26-21(25-16-14-24(15-17-25)19-6-5-7-19)18-22-12-8-20(9-13-22)23-10-3-1-2-4-11-23/h19-20H,1-18H2. The average Bonchev–Trinajstić information content (AvgIpc) is 2.91. The monoisotopic (exact) mass is 362 g/mol. The molecule has 0 atom stereocenters. The van der Waals surface area contributed by atoms with E-state index in [1.54, 1.807) is 0 Å². The topological polar surface area (TPSA) is 30.0 Å². The van der Waals surface area contributed by atoms with E-state index in [0.29, 0.717) is 12.5 Å². The third-order valence-electron chi connectivity index (χ3n) is 7.33. The fraction of sp³-hybridized carbons (Fsp3) is 0.952. The summed E-state index contributed by atoms with van der Waals surface area (Å²) in [5.41, 5.74) is 0. The Balaban J connectivity index is 1.16. The van der Waals surface area contributed by atoms with Gasteiger partial charge in [-0.3, -0.25) is 14.6 Å². The molecule has 3 aliphatic heterocycles. The molecule has 3 saturated heterocycles. The molecule has 4 fully saturated rings. The van der Waals surface area contributed by atoms with Crippen LogP contribution in [0.15, 0.2) is 0 Å². The number of carbonyl (C=O) groups is 1. The van der Waals surface area contributed by atoms with Gasteiger partial charge in [0.05, 0.1) is 6.54 Å². The Morgan fingerprint density at radius 3 is 1.77 bits per heavy atom. The first kappa shape index (κ1) is 18.7. The van der Waals surface area contributed by atoms with Crippen molar-refractivity contribution in [2.24, 2.45) is 0 Å². The summed E-state index contributed by atoms with van der Waals surface area (Å²) < 4.78 is 0. The second kappa shape index (κ2) is 9.03. The summed E-state index contributed by atoms with van der Waals surface area (Å²) in [6.07, 6.45) is 12.2. The van der Waals surface area contributed by atoms with E-state index in [0.717, 1.165) is 51.4 Å². The molecule has 4 aliphatic rings. The van der Waals surface area contributed by atoms with E-state index in [1.807, 2.05) is 0 Å². The summed E-state index contributed by atoms with van der Waals surface area (Å²) in [5, 5.41) is 0. The molecule has 148 valence electrons. The average molecular weight is 363 g/mol. The second-order valence-electron chi connectivity index (χ2n) is 8.96. The summed E-state index contributed by atoms with van der Waals surface area (Å²) in [5.74, 6) is 0.367. The molecule has 0 aromatic rings. The molecule has 5 heteroatoms. The van der Waals surface area contributed by atoms with Gasteiger partial charge in [0.1, 0.15) is 0 Å². The molecular formula is C21H38N4O. The first-order valence-electron chi connectivity index (χ1n) is 11.3. The quantitative estimate of drug-likeness (QED) is 0.765. The van der Waals surface area contributed by atoms with Crippen LogP contribution < -0.4 is 0 Å². The van der Waals surface area contributed by atoms with Crippen molar-refractivity contribution < 1.29 is 4.79 Å². The Morgan fingerprint density at radius 1 is 0.615 bits per heavy atom. The van der Waals surface area contributed by atoms with Crippen LogP contribution in [0.2, 0.25) is 0 Å². The largest absolute Gasteiger partial charge is 0.339 e. The van der Waals surface area contributed by atoms with Gasteiger partial charge in [-0.15, -0.1) is 0 Å². The molecule has 0 spiro atoms. The van der Waals surface area contributed by atoms with Crippen molar-refractivity contribution >= 4 is 5.91 Å². The van der Waals surface area contributed by atoms with Gasteiger partial charge < -0.3 is 9.80 Å². The van der Waals surface area contributed by atoms with E-state index in [-0.39, 0.29) is 0 Å². The molecule has 0 aromatic carbocycles. The number of piperidine rings is 1. The number of piperazine rings is 1. The van der Waals surface area contributed by atoms with Gasteiger partial charge >= 0.3 is 0 Å². The molecular weight excluding hydrogens is 324 g/mol. The minimum absolute atomic E-state index is 0.367. The highest BCUT2D eigenvalue weighted by molar-refractivity contribution is 5.78. The van der Waals surface area contributed by atoms with Crippen LogP contribution in [0.4, 0.5) is 0 Å². The molecule has 0 N–H and O–H groups in total. The van der Waals surface area contributed by atoms with Crippen LogP contribution in [0.25, 0.3) is 0 Å². The number of likely N-dealkylation sites (tertiary alicyclic amines) is 2. The molecule has 0 radical (unpaired) electrons. The number of nitrogens with zero attached hydrogens (tertiary/aromatic N) is 4. The van der Waals surface area contributed by atoms with Crippen LogP contribution in [0.1, 0.15) is 57.8 Å². The van der Waals surface area contributed by atoms with Gasteiger partial charge in [0, 0.05) is 51.4 Å². The molecule has 3 heterocycles. The highest BCUT2D eigenvalue weighted by atomic mass is 16.2. The van der Waals surface area contributed by atoms with Crippen molar-refractivity contribution in [1.29, 1.82) is 0 Å². The molecule has 0 unspecified atom stereocenters. The van der Waals surface area contributed by atoms with E-state index in [9.17, 15) is 4.79 Å². The summed E-state index contributed by atoms with van der Waals surface area (Å²) >= 11 is 0. The molecule has 0 aromatic heterocycles. The third kappa shape index (κ3) is 4.60. The van der Waals surface area contributed by atoms with E-state index in [4.69, 9.17) is 0 Å². The number of amides is 1. The zero-order chi connectivity index (χ0) is 17.8. The summed E-state index contributed by atoms with van der Waals surface area (Å²) in [7, 11) is 0. The number of hydrogen-bond acceptors (Lipinski definition) is 4. The third-order valence-corrected chi connectivity index (χ3v) is 7.33. The maximum Gasteiger partial charge on any atom is 0.236 e. The molecule has 1 saturated carbocycles. The predicted molar refractivity (Wildman–Crippen MR) is 105 cm³/mol. The molecule has 26 heavy (non-hydrogen) atoms. The van der Waals surface area contributed by atoms with Crippen LogP contribution in [-0.2, 0) is 4.79 Å². The zero-order valence-electron chi connectivity index (χ0n) is 16.6. The van der Waals surface area contributed by atoms with Crippen LogP contribution in [0.5, 0.6) is 0 Å². The summed E-state index contributed by atoms with van der Waals surface area (Å²) in [6.45, 7) is 9.53. The van der Waals surface area contributed by atoms with Crippen LogP contribution in [0.3, 0.4) is 0 Å². The lowest BCUT2D eigenvalue weighted by atomic mass is 9.91. The van der Waals surface area contributed by atoms with Crippen molar-refractivity contribution in [2.45, 2.75) is 69.9 Å². The summed E-state index contributed by atoms with van der Waals surface area (Å²) in [6, 6.07) is 1.59. The Kier molecular flexibility index (Phi) is 6.49. The van der Waals surface area contributed by atoms with Crippen molar-refractivity contribution in [1.82, 2.24) is 19.6 Å². The maximum atomic E-state index is 12.7. The molecule has 5 nitrogen and oxygen atoms in total. The predicted octanol–water partition coefficient (Wildman–Crippen LogP) is 2.02. The Morgan fingerprint density at radius 2 is 1.19 bits per heavy atom. The lowest BCUT2D eigenvalue weighted by Gasteiger charge is -2.43. The lowest BCUT2D eigenvalue weighted by molar-refractivity contribution is -0.135. The second-order valence-corrected chi connectivity index (χ2v) is 8.96. The van der Waals surface area contributed by atoms with Crippen molar-refractivity contribution in [2.75, 3.05) is 58.9 Å². The summed E-state index contributed by atoms with van der Waals surface area (Å²) in [4.78, 5) is 22.6. The van der Waals surface area contributed by atoms with Gasteiger partial charge in [0.25, 0.3) is 0 Å². The Bertz CT molecular complexity index is 443. The van der Waals surface area contributed by atoms with E-state index < -0.39 is 0 Å². The smallest absolute Gasteiger partial charge is 0.236 e. The van der Waals surface area contributed by atoms with Gasteiger partial charge in [0.15, 0.2) is 0 Å². The zero-order valence-corrected chi connectivity index (χ0v) is 16.6. The first-order chi connectivity index (χ1) is 12.8. The SMILES string of the molecule is O=C(CN1CCC(N2CCCCCC2)CC1)N1CCN(C2CCC2)CC1.